The molecule has 25 heavy (non-hydrogen) atoms. The zero-order valence-electron chi connectivity index (χ0n) is 14.1. The average Bonchev–Trinajstić information content (AvgIpc) is 3.04. The van der Waals surface area contributed by atoms with Crippen molar-refractivity contribution in [2.24, 2.45) is 0 Å². The van der Waals surface area contributed by atoms with Crippen LogP contribution >= 0.6 is 58.3 Å². The summed E-state index contributed by atoms with van der Waals surface area (Å²) in [6.07, 6.45) is 10.1. The minimum atomic E-state index is 0.110. The Morgan fingerprint density at radius 2 is 2.04 bits per heavy atom. The van der Waals surface area contributed by atoms with E-state index in [-0.39, 0.29) is 4.08 Å². The fourth-order valence-corrected chi connectivity index (χ4v) is 8.10. The van der Waals surface area contributed by atoms with Crippen LogP contribution < -0.4 is 0 Å². The highest BCUT2D eigenvalue weighted by molar-refractivity contribution is 8.19. The summed E-state index contributed by atoms with van der Waals surface area (Å²) < 4.78 is 2.25. The van der Waals surface area contributed by atoms with Gasteiger partial charge in [0.1, 0.15) is 0 Å². The van der Waals surface area contributed by atoms with Crippen molar-refractivity contribution in [3.63, 3.8) is 0 Å². The second-order valence-corrected chi connectivity index (χ2v) is 11.2. The number of rotatable bonds is 6. The van der Waals surface area contributed by atoms with Gasteiger partial charge in [-0.05, 0) is 49.1 Å². The van der Waals surface area contributed by atoms with E-state index in [9.17, 15) is 0 Å². The van der Waals surface area contributed by atoms with Crippen molar-refractivity contribution in [1.82, 2.24) is 9.55 Å². The summed E-state index contributed by atoms with van der Waals surface area (Å²) in [5.74, 6) is 1.18. The van der Waals surface area contributed by atoms with Crippen molar-refractivity contribution < 1.29 is 0 Å². The number of imidazole rings is 1. The number of thioether (sulfide) groups is 2. The molecule has 0 spiro atoms. The molecule has 0 saturated carbocycles. The molecule has 3 rings (SSSR count). The molecule has 1 saturated heterocycles. The van der Waals surface area contributed by atoms with Crippen LogP contribution in [0.2, 0.25) is 15.1 Å². The Bertz CT molecular complexity index is 685. The molecule has 136 valence electrons. The Morgan fingerprint density at radius 3 is 2.68 bits per heavy atom. The molecule has 0 aliphatic carbocycles. The summed E-state index contributed by atoms with van der Waals surface area (Å²) in [6.45, 7) is 3.30. The van der Waals surface area contributed by atoms with Crippen LogP contribution in [0.4, 0.5) is 0 Å². The highest BCUT2D eigenvalue weighted by Gasteiger charge is 2.37. The first-order valence-corrected chi connectivity index (χ1v) is 11.4. The van der Waals surface area contributed by atoms with Crippen LogP contribution in [0.25, 0.3) is 0 Å². The van der Waals surface area contributed by atoms with E-state index in [1.54, 1.807) is 12.1 Å². The maximum absolute atomic E-state index is 6.47. The first-order valence-electron chi connectivity index (χ1n) is 8.38. The number of benzene rings is 1. The van der Waals surface area contributed by atoms with E-state index >= 15 is 0 Å². The fourth-order valence-electron chi connectivity index (χ4n) is 3.14. The van der Waals surface area contributed by atoms with E-state index < -0.39 is 0 Å². The number of aryl methyl sites for hydroxylation is 1. The van der Waals surface area contributed by atoms with Crippen LogP contribution in [0.5, 0.6) is 0 Å². The highest BCUT2D eigenvalue weighted by Crippen LogP contribution is 2.52. The van der Waals surface area contributed by atoms with Crippen molar-refractivity contribution in [3.8, 4) is 0 Å². The molecule has 2 heterocycles. The van der Waals surface area contributed by atoms with Gasteiger partial charge in [0.25, 0.3) is 0 Å². The zero-order valence-corrected chi connectivity index (χ0v) is 18.0. The number of aromatic nitrogens is 2. The molecule has 1 fully saturated rings. The van der Waals surface area contributed by atoms with Crippen LogP contribution in [0, 0.1) is 0 Å². The van der Waals surface area contributed by atoms with Crippen molar-refractivity contribution in [2.45, 2.75) is 48.5 Å². The number of hydrogen-bond donors (Lipinski definition) is 0. The molecule has 7 heteroatoms. The fraction of sp³-hybridized carbons (Fsp3) is 0.500. The van der Waals surface area contributed by atoms with Crippen LogP contribution in [0.3, 0.4) is 0 Å². The standard InChI is InChI=1S/C18H21Cl3N2S2/c1-13-3-8-24-18(25-13,4-2-6-23-7-5-22-12-23)11-15-16(20)9-14(19)10-17(15)21/h5,7,9-10,12-13H,2-4,6,8,11H2,1H3. The molecule has 0 bridgehead atoms. The summed E-state index contributed by atoms with van der Waals surface area (Å²) in [6, 6.07) is 3.59. The Labute approximate surface area is 173 Å². The summed E-state index contributed by atoms with van der Waals surface area (Å²) in [5, 5.41) is 2.58. The number of hydrogen-bond acceptors (Lipinski definition) is 3. The van der Waals surface area contributed by atoms with E-state index in [4.69, 9.17) is 34.8 Å². The van der Waals surface area contributed by atoms with Gasteiger partial charge < -0.3 is 4.57 Å². The first kappa shape index (κ1) is 19.8. The molecule has 1 aliphatic heterocycles. The molecule has 2 unspecified atom stereocenters. The van der Waals surface area contributed by atoms with Crippen molar-refractivity contribution >= 4 is 58.3 Å². The Balaban J connectivity index is 1.77. The Hall–Kier alpha value is -0.0000000000000000555. The monoisotopic (exact) mass is 434 g/mol. The molecule has 2 nitrogen and oxygen atoms in total. The van der Waals surface area contributed by atoms with Gasteiger partial charge in [0, 0.05) is 39.3 Å². The minimum absolute atomic E-state index is 0.110. The molecule has 0 radical (unpaired) electrons. The SMILES string of the molecule is CC1CCSC(CCCn2ccnc2)(Cc2c(Cl)cc(Cl)cc2Cl)S1. The molecular formula is C18H21Cl3N2S2. The van der Waals surface area contributed by atoms with Crippen LogP contribution in [0.1, 0.15) is 31.7 Å². The van der Waals surface area contributed by atoms with Crippen LogP contribution in [-0.4, -0.2) is 24.6 Å². The molecular weight excluding hydrogens is 415 g/mol. The van der Waals surface area contributed by atoms with Gasteiger partial charge in [-0.15, -0.1) is 23.5 Å². The maximum Gasteiger partial charge on any atom is 0.0945 e. The normalized spacial score (nSPS) is 23.8. The third-order valence-electron chi connectivity index (χ3n) is 4.39. The molecule has 0 amide bonds. The van der Waals surface area contributed by atoms with Gasteiger partial charge in [-0.25, -0.2) is 4.98 Å². The van der Waals surface area contributed by atoms with E-state index in [2.05, 4.69) is 40.0 Å². The summed E-state index contributed by atoms with van der Waals surface area (Å²) in [7, 11) is 0. The lowest BCUT2D eigenvalue weighted by Crippen LogP contribution is -2.31. The van der Waals surface area contributed by atoms with Gasteiger partial charge in [-0.2, -0.15) is 0 Å². The van der Waals surface area contributed by atoms with E-state index in [0.29, 0.717) is 20.3 Å². The molecule has 1 aromatic heterocycles. The number of halogens is 3. The highest BCUT2D eigenvalue weighted by atomic mass is 35.5. The molecule has 2 aromatic rings. The smallest absolute Gasteiger partial charge is 0.0945 e. The van der Waals surface area contributed by atoms with Crippen molar-refractivity contribution in [3.05, 3.63) is 51.5 Å². The quantitative estimate of drug-likeness (QED) is 0.495. The van der Waals surface area contributed by atoms with E-state index in [0.717, 1.165) is 31.4 Å². The Morgan fingerprint density at radius 1 is 1.28 bits per heavy atom. The summed E-state index contributed by atoms with van der Waals surface area (Å²) >= 11 is 23.1. The first-order chi connectivity index (χ1) is 12.0. The summed E-state index contributed by atoms with van der Waals surface area (Å²) in [5.41, 5.74) is 1.02. The summed E-state index contributed by atoms with van der Waals surface area (Å²) in [4.78, 5) is 4.12. The average molecular weight is 436 g/mol. The van der Waals surface area contributed by atoms with Gasteiger partial charge in [-0.3, -0.25) is 0 Å². The second-order valence-electron chi connectivity index (χ2n) is 6.41. The molecule has 1 aromatic carbocycles. The van der Waals surface area contributed by atoms with Crippen LogP contribution in [-0.2, 0) is 13.0 Å². The van der Waals surface area contributed by atoms with Gasteiger partial charge >= 0.3 is 0 Å². The van der Waals surface area contributed by atoms with Gasteiger partial charge in [0.15, 0.2) is 0 Å². The van der Waals surface area contributed by atoms with Crippen LogP contribution in [0.15, 0.2) is 30.9 Å². The van der Waals surface area contributed by atoms with Gasteiger partial charge in [-0.1, -0.05) is 41.7 Å². The minimum Gasteiger partial charge on any atom is -0.337 e. The maximum atomic E-state index is 6.47. The largest absolute Gasteiger partial charge is 0.337 e. The number of nitrogens with zero attached hydrogens (tertiary/aromatic N) is 2. The van der Waals surface area contributed by atoms with E-state index in [1.165, 1.54) is 12.2 Å². The Kier molecular flexibility index (Phi) is 6.95. The molecule has 2 atom stereocenters. The predicted octanol–water partition coefficient (Wildman–Crippen LogP) is 6.82. The van der Waals surface area contributed by atoms with Crippen molar-refractivity contribution in [1.29, 1.82) is 0 Å². The lowest BCUT2D eigenvalue weighted by molar-refractivity contribution is 0.573. The van der Waals surface area contributed by atoms with Gasteiger partial charge in [0.05, 0.1) is 10.4 Å². The predicted molar refractivity (Wildman–Crippen MR) is 113 cm³/mol. The lowest BCUT2D eigenvalue weighted by atomic mass is 10.1. The third-order valence-corrected chi connectivity index (χ3v) is 8.66. The third kappa shape index (κ3) is 5.26. The van der Waals surface area contributed by atoms with Gasteiger partial charge in [0.2, 0.25) is 0 Å². The molecule has 1 aliphatic rings. The lowest BCUT2D eigenvalue weighted by Gasteiger charge is -2.40. The second kappa shape index (κ2) is 8.79. The molecule has 0 N–H and O–H groups in total. The van der Waals surface area contributed by atoms with Crippen molar-refractivity contribution in [2.75, 3.05) is 5.75 Å². The van der Waals surface area contributed by atoms with E-state index in [1.807, 2.05) is 18.7 Å². The topological polar surface area (TPSA) is 17.8 Å². The zero-order chi connectivity index (χ0) is 17.9.